The number of amides is 2. The minimum absolute atomic E-state index is 0.278. The summed E-state index contributed by atoms with van der Waals surface area (Å²) in [6.45, 7) is 3.93. The van der Waals surface area contributed by atoms with Gasteiger partial charge in [0.1, 0.15) is 0 Å². The lowest BCUT2D eigenvalue weighted by Crippen LogP contribution is -2.42. The van der Waals surface area contributed by atoms with Crippen LogP contribution in [-0.2, 0) is 4.79 Å². The molecular weight excluding hydrogens is 342 g/mol. The lowest BCUT2D eigenvalue weighted by Gasteiger charge is -2.29. The Balaban J connectivity index is 1.95. The minimum atomic E-state index is -0.282. The molecule has 4 rings (SSSR count). The lowest BCUT2D eigenvalue weighted by molar-refractivity contribution is -0.112. The van der Waals surface area contributed by atoms with Crippen molar-refractivity contribution < 1.29 is 9.59 Å². The van der Waals surface area contributed by atoms with E-state index < -0.39 is 0 Å². The predicted octanol–water partition coefficient (Wildman–Crippen LogP) is 5.09. The molecule has 3 aromatic rings. The first-order valence-electron chi connectivity index (χ1n) is 8.37. The van der Waals surface area contributed by atoms with Crippen LogP contribution in [0.15, 0.2) is 60.0 Å². The first-order valence-corrected chi connectivity index (χ1v) is 9.25. The quantitative estimate of drug-likeness (QED) is 0.472. The summed E-state index contributed by atoms with van der Waals surface area (Å²) in [6.07, 6.45) is 1.90. The Labute approximate surface area is 156 Å². The van der Waals surface area contributed by atoms with Gasteiger partial charge in [-0.3, -0.25) is 9.59 Å². The van der Waals surface area contributed by atoms with Crippen molar-refractivity contribution >= 4 is 40.5 Å². The highest BCUT2D eigenvalue weighted by molar-refractivity contribution is 7.11. The molecule has 128 valence electrons. The fourth-order valence-electron chi connectivity index (χ4n) is 3.19. The van der Waals surface area contributed by atoms with E-state index in [0.717, 1.165) is 16.0 Å². The van der Waals surface area contributed by atoms with E-state index in [1.807, 2.05) is 73.8 Å². The number of benzene rings is 2. The predicted molar refractivity (Wildman–Crippen MR) is 106 cm³/mol. The maximum atomic E-state index is 13.3. The molecule has 26 heavy (non-hydrogen) atoms. The summed E-state index contributed by atoms with van der Waals surface area (Å²) in [7, 11) is 0. The van der Waals surface area contributed by atoms with Crippen LogP contribution in [0.25, 0.3) is 11.6 Å². The number of para-hydroxylation sites is 1. The van der Waals surface area contributed by atoms with Crippen molar-refractivity contribution in [3.63, 3.8) is 0 Å². The molecule has 0 atom stereocenters. The van der Waals surface area contributed by atoms with Crippen LogP contribution in [0.5, 0.6) is 0 Å². The molecule has 2 aromatic carbocycles. The van der Waals surface area contributed by atoms with E-state index in [1.165, 1.54) is 4.90 Å². The van der Waals surface area contributed by atoms with Gasteiger partial charge in [0.25, 0.3) is 11.8 Å². The van der Waals surface area contributed by atoms with Gasteiger partial charge in [-0.1, -0.05) is 36.4 Å². The number of nitrogens with zero attached hydrogens (tertiary/aromatic N) is 1. The van der Waals surface area contributed by atoms with E-state index in [9.17, 15) is 9.59 Å². The van der Waals surface area contributed by atoms with Crippen LogP contribution in [0.3, 0.4) is 0 Å². The van der Waals surface area contributed by atoms with E-state index in [-0.39, 0.29) is 11.8 Å². The number of imide groups is 1. The van der Waals surface area contributed by atoms with Crippen LogP contribution in [0.2, 0.25) is 0 Å². The van der Waals surface area contributed by atoms with Crippen LogP contribution in [0, 0.1) is 13.8 Å². The van der Waals surface area contributed by atoms with E-state index in [0.29, 0.717) is 22.4 Å². The first-order chi connectivity index (χ1) is 12.6. The summed E-state index contributed by atoms with van der Waals surface area (Å²) in [4.78, 5) is 28.7. The molecular formula is C22H17NO2S. The summed E-state index contributed by atoms with van der Waals surface area (Å²) < 4.78 is 0. The number of thiophene rings is 1. The highest BCUT2D eigenvalue weighted by atomic mass is 32.1. The normalized spacial score (nSPS) is 15.5. The zero-order valence-corrected chi connectivity index (χ0v) is 15.3. The van der Waals surface area contributed by atoms with Crippen molar-refractivity contribution in [2.45, 2.75) is 13.8 Å². The van der Waals surface area contributed by atoms with Gasteiger partial charge in [-0.2, -0.15) is 0 Å². The molecule has 2 amide bonds. The molecule has 0 unspecified atom stereocenters. The zero-order valence-electron chi connectivity index (χ0n) is 14.5. The number of aryl methyl sites for hydroxylation is 2. The Morgan fingerprint density at radius 3 is 2.19 bits per heavy atom. The number of anilines is 1. The average Bonchev–Trinajstić information content (AvgIpc) is 3.05. The second-order valence-corrected chi connectivity index (χ2v) is 7.25. The van der Waals surface area contributed by atoms with Gasteiger partial charge >= 0.3 is 0 Å². The van der Waals surface area contributed by atoms with E-state index in [2.05, 4.69) is 0 Å². The van der Waals surface area contributed by atoms with Crippen molar-refractivity contribution in [1.82, 2.24) is 0 Å². The van der Waals surface area contributed by atoms with Gasteiger partial charge < -0.3 is 0 Å². The Morgan fingerprint density at radius 1 is 0.808 bits per heavy atom. The number of hydrogen-bond donors (Lipinski definition) is 0. The second kappa shape index (κ2) is 6.39. The zero-order chi connectivity index (χ0) is 18.3. The van der Waals surface area contributed by atoms with Crippen LogP contribution < -0.4 is 4.90 Å². The van der Waals surface area contributed by atoms with Gasteiger partial charge in [-0.05, 0) is 54.6 Å². The summed E-state index contributed by atoms with van der Waals surface area (Å²) in [5, 5.41) is 2.01. The summed E-state index contributed by atoms with van der Waals surface area (Å²) in [6, 6.07) is 16.8. The van der Waals surface area contributed by atoms with Crippen molar-refractivity contribution in [2.24, 2.45) is 0 Å². The minimum Gasteiger partial charge on any atom is -0.268 e. The first kappa shape index (κ1) is 16.5. The fourth-order valence-corrected chi connectivity index (χ4v) is 4.05. The molecule has 1 aliphatic heterocycles. The largest absolute Gasteiger partial charge is 0.268 e. The van der Waals surface area contributed by atoms with Crippen LogP contribution >= 0.6 is 11.3 Å². The fraction of sp³-hybridized carbons (Fsp3) is 0.0909. The van der Waals surface area contributed by atoms with E-state index in [1.54, 1.807) is 17.4 Å². The van der Waals surface area contributed by atoms with Gasteiger partial charge in [-0.15, -0.1) is 11.3 Å². The third-order valence-electron chi connectivity index (χ3n) is 4.62. The standard InChI is InChI=1S/C22H17NO2S/c1-14-7-3-6-10-19(14)23-21(24)17-9-5-4-8-16(17)18(22(23)25)13-20-15(2)11-12-26-20/h3-13H,1-2H3/b18-13-. The highest BCUT2D eigenvalue weighted by Crippen LogP contribution is 2.35. The van der Waals surface area contributed by atoms with Gasteiger partial charge in [0.15, 0.2) is 0 Å². The number of carbonyl (C=O) groups is 2. The third-order valence-corrected chi connectivity index (χ3v) is 5.58. The monoisotopic (exact) mass is 359 g/mol. The number of carbonyl (C=O) groups excluding carboxylic acids is 2. The van der Waals surface area contributed by atoms with Crippen molar-refractivity contribution in [1.29, 1.82) is 0 Å². The molecule has 0 bridgehead atoms. The molecule has 0 saturated carbocycles. The maximum Gasteiger partial charge on any atom is 0.266 e. The van der Waals surface area contributed by atoms with E-state index >= 15 is 0 Å². The summed E-state index contributed by atoms with van der Waals surface area (Å²) in [5.74, 6) is -0.559. The van der Waals surface area contributed by atoms with Crippen LogP contribution in [-0.4, -0.2) is 11.8 Å². The summed E-state index contributed by atoms with van der Waals surface area (Å²) >= 11 is 1.59. The molecule has 0 spiro atoms. The molecule has 2 heterocycles. The van der Waals surface area contributed by atoms with Crippen molar-refractivity contribution in [3.05, 3.63) is 87.1 Å². The Morgan fingerprint density at radius 2 is 1.50 bits per heavy atom. The molecule has 0 N–H and O–H groups in total. The smallest absolute Gasteiger partial charge is 0.266 e. The number of rotatable bonds is 2. The van der Waals surface area contributed by atoms with Gasteiger partial charge in [0.2, 0.25) is 0 Å². The van der Waals surface area contributed by atoms with Crippen LogP contribution in [0.1, 0.15) is 31.9 Å². The SMILES string of the molecule is Cc1ccccc1N1C(=O)/C(=C\c2sccc2C)c2ccccc2C1=O. The molecule has 0 radical (unpaired) electrons. The number of fused-ring (bicyclic) bond motifs is 1. The molecule has 0 fully saturated rings. The van der Waals surface area contributed by atoms with Gasteiger partial charge in [0.05, 0.1) is 5.69 Å². The molecule has 0 saturated heterocycles. The van der Waals surface area contributed by atoms with E-state index in [4.69, 9.17) is 0 Å². The highest BCUT2D eigenvalue weighted by Gasteiger charge is 2.36. The maximum absolute atomic E-state index is 13.3. The second-order valence-electron chi connectivity index (χ2n) is 6.30. The Hall–Kier alpha value is -2.98. The van der Waals surface area contributed by atoms with Gasteiger partial charge in [-0.25, -0.2) is 4.90 Å². The molecule has 1 aliphatic rings. The van der Waals surface area contributed by atoms with Crippen molar-refractivity contribution in [3.8, 4) is 0 Å². The lowest BCUT2D eigenvalue weighted by atomic mass is 9.92. The topological polar surface area (TPSA) is 37.4 Å². The van der Waals surface area contributed by atoms with Crippen LogP contribution in [0.4, 0.5) is 5.69 Å². The molecule has 1 aromatic heterocycles. The average molecular weight is 359 g/mol. The molecule has 4 heteroatoms. The number of hydrogen-bond acceptors (Lipinski definition) is 3. The third kappa shape index (κ3) is 2.59. The van der Waals surface area contributed by atoms with Gasteiger partial charge in [0, 0.05) is 21.6 Å². The Kier molecular flexibility index (Phi) is 4.05. The van der Waals surface area contributed by atoms with Crippen molar-refractivity contribution in [2.75, 3.05) is 4.90 Å². The summed E-state index contributed by atoms with van der Waals surface area (Å²) in [5.41, 5.74) is 4.43. The molecule has 3 nitrogen and oxygen atoms in total. The Bertz CT molecular complexity index is 1060. The molecule has 0 aliphatic carbocycles.